The Kier molecular flexibility index (Phi) is 4.81. The van der Waals surface area contributed by atoms with Crippen molar-refractivity contribution in [1.29, 1.82) is 5.26 Å². The van der Waals surface area contributed by atoms with E-state index in [1.54, 1.807) is 12.1 Å². The van der Waals surface area contributed by atoms with Crippen molar-refractivity contribution < 1.29 is 4.79 Å². The predicted molar refractivity (Wildman–Crippen MR) is 63.0 cm³/mol. The van der Waals surface area contributed by atoms with Crippen LogP contribution >= 0.6 is 11.6 Å². The lowest BCUT2D eigenvalue weighted by atomic mass is 10.1. The Hall–Kier alpha value is -1.53. The fourth-order valence-corrected chi connectivity index (χ4v) is 1.48. The smallest absolute Gasteiger partial charge is 0.227 e. The fraction of sp³-hybridized carbons (Fsp3) is 0.333. The van der Waals surface area contributed by atoms with Gasteiger partial charge in [-0.05, 0) is 24.6 Å². The average molecular weight is 237 g/mol. The van der Waals surface area contributed by atoms with Crippen LogP contribution in [0, 0.1) is 11.3 Å². The van der Waals surface area contributed by atoms with E-state index in [1.165, 1.54) is 4.90 Å². The lowest BCUT2D eigenvalue weighted by molar-refractivity contribution is -0.129. The number of amides is 1. The zero-order valence-electron chi connectivity index (χ0n) is 9.11. The predicted octanol–water partition coefficient (Wildman–Crippen LogP) is 2.25. The minimum absolute atomic E-state index is 0.0358. The standard InChI is InChI=1S/C12H13ClN2O/c1-2-15(8-7-14)12(16)9-10-3-5-11(13)6-4-10/h3-6H,2,8-9H2,1H3. The van der Waals surface area contributed by atoms with Crippen LogP contribution in [0.1, 0.15) is 12.5 Å². The van der Waals surface area contributed by atoms with Crippen molar-refractivity contribution >= 4 is 17.5 Å². The van der Waals surface area contributed by atoms with Gasteiger partial charge in [-0.15, -0.1) is 0 Å². The molecule has 0 N–H and O–H groups in total. The summed E-state index contributed by atoms with van der Waals surface area (Å²) in [5.41, 5.74) is 0.908. The number of rotatable bonds is 4. The van der Waals surface area contributed by atoms with Gasteiger partial charge < -0.3 is 4.90 Å². The molecule has 84 valence electrons. The average Bonchev–Trinajstić information content (AvgIpc) is 2.29. The number of hydrogen-bond acceptors (Lipinski definition) is 2. The van der Waals surface area contributed by atoms with Crippen molar-refractivity contribution in [2.24, 2.45) is 0 Å². The summed E-state index contributed by atoms with van der Waals surface area (Å²) in [4.78, 5) is 13.3. The third-order valence-corrected chi connectivity index (χ3v) is 2.52. The molecule has 0 heterocycles. The maximum Gasteiger partial charge on any atom is 0.227 e. The van der Waals surface area contributed by atoms with Crippen LogP contribution in [-0.2, 0) is 11.2 Å². The van der Waals surface area contributed by atoms with Crippen LogP contribution in [-0.4, -0.2) is 23.9 Å². The Morgan fingerprint density at radius 3 is 2.56 bits per heavy atom. The van der Waals surface area contributed by atoms with Gasteiger partial charge >= 0.3 is 0 Å². The van der Waals surface area contributed by atoms with Crippen LogP contribution in [0.4, 0.5) is 0 Å². The molecule has 0 spiro atoms. The minimum Gasteiger partial charge on any atom is -0.329 e. The summed E-state index contributed by atoms with van der Waals surface area (Å²) in [5, 5.41) is 9.21. The van der Waals surface area contributed by atoms with Gasteiger partial charge in [0.25, 0.3) is 0 Å². The Morgan fingerprint density at radius 1 is 1.44 bits per heavy atom. The van der Waals surface area contributed by atoms with Crippen LogP contribution < -0.4 is 0 Å². The van der Waals surface area contributed by atoms with Crippen molar-refractivity contribution in [2.45, 2.75) is 13.3 Å². The second-order valence-electron chi connectivity index (χ2n) is 3.37. The SMILES string of the molecule is CCN(CC#N)C(=O)Cc1ccc(Cl)cc1. The molecule has 0 radical (unpaired) electrons. The highest BCUT2D eigenvalue weighted by molar-refractivity contribution is 6.30. The van der Waals surface area contributed by atoms with E-state index in [9.17, 15) is 4.79 Å². The zero-order chi connectivity index (χ0) is 12.0. The highest BCUT2D eigenvalue weighted by Crippen LogP contribution is 2.10. The molecule has 0 saturated carbocycles. The topological polar surface area (TPSA) is 44.1 Å². The summed E-state index contributed by atoms with van der Waals surface area (Å²) in [6.45, 7) is 2.56. The molecule has 1 aromatic rings. The van der Waals surface area contributed by atoms with Crippen LogP contribution in [0.25, 0.3) is 0 Å². The van der Waals surface area contributed by atoms with Crippen molar-refractivity contribution in [3.8, 4) is 6.07 Å². The molecule has 0 aromatic heterocycles. The first-order chi connectivity index (χ1) is 7.67. The Bertz CT molecular complexity index is 394. The first-order valence-electron chi connectivity index (χ1n) is 5.06. The van der Waals surface area contributed by atoms with E-state index in [0.29, 0.717) is 18.0 Å². The van der Waals surface area contributed by atoms with Crippen molar-refractivity contribution in [3.05, 3.63) is 34.9 Å². The molecule has 1 amide bonds. The number of carbonyl (C=O) groups excluding carboxylic acids is 1. The molecule has 0 aliphatic rings. The number of nitrogens with zero attached hydrogens (tertiary/aromatic N) is 2. The minimum atomic E-state index is -0.0358. The summed E-state index contributed by atoms with van der Waals surface area (Å²) < 4.78 is 0. The molecule has 4 heteroatoms. The van der Waals surface area contributed by atoms with Gasteiger partial charge in [0.1, 0.15) is 6.54 Å². The Balaban J connectivity index is 2.63. The monoisotopic (exact) mass is 236 g/mol. The summed E-state index contributed by atoms with van der Waals surface area (Å²) >= 11 is 5.75. The highest BCUT2D eigenvalue weighted by atomic mass is 35.5. The lowest BCUT2D eigenvalue weighted by Crippen LogP contribution is -2.32. The Morgan fingerprint density at radius 2 is 2.06 bits per heavy atom. The summed E-state index contributed by atoms with van der Waals surface area (Å²) in [6.07, 6.45) is 0.312. The van der Waals surface area contributed by atoms with Gasteiger partial charge in [-0.1, -0.05) is 23.7 Å². The van der Waals surface area contributed by atoms with E-state index in [0.717, 1.165) is 5.56 Å². The molecule has 1 aromatic carbocycles. The second-order valence-corrected chi connectivity index (χ2v) is 3.81. The van der Waals surface area contributed by atoms with Gasteiger partial charge in [-0.25, -0.2) is 0 Å². The molecule has 0 fully saturated rings. The number of nitriles is 1. The highest BCUT2D eigenvalue weighted by Gasteiger charge is 2.11. The number of carbonyl (C=O) groups is 1. The van der Waals surface area contributed by atoms with Crippen LogP contribution in [0.3, 0.4) is 0 Å². The van der Waals surface area contributed by atoms with Crippen LogP contribution in [0.2, 0.25) is 5.02 Å². The maximum atomic E-state index is 11.8. The third kappa shape index (κ3) is 3.56. The van der Waals surface area contributed by atoms with Gasteiger partial charge in [-0.3, -0.25) is 4.79 Å². The first kappa shape index (κ1) is 12.5. The number of hydrogen-bond donors (Lipinski definition) is 0. The van der Waals surface area contributed by atoms with Crippen molar-refractivity contribution in [2.75, 3.05) is 13.1 Å². The van der Waals surface area contributed by atoms with Gasteiger partial charge in [0.15, 0.2) is 0 Å². The third-order valence-electron chi connectivity index (χ3n) is 2.26. The van der Waals surface area contributed by atoms with Gasteiger partial charge in [0.2, 0.25) is 5.91 Å². The van der Waals surface area contributed by atoms with Gasteiger partial charge in [0, 0.05) is 11.6 Å². The normalized spacial score (nSPS) is 9.56. The van der Waals surface area contributed by atoms with Gasteiger partial charge in [0.05, 0.1) is 12.5 Å². The van der Waals surface area contributed by atoms with E-state index in [-0.39, 0.29) is 12.5 Å². The van der Waals surface area contributed by atoms with Crippen molar-refractivity contribution in [3.63, 3.8) is 0 Å². The molecular formula is C12H13ClN2O. The summed E-state index contributed by atoms with van der Waals surface area (Å²) in [7, 11) is 0. The molecule has 1 rings (SSSR count). The van der Waals surface area contributed by atoms with E-state index in [4.69, 9.17) is 16.9 Å². The zero-order valence-corrected chi connectivity index (χ0v) is 9.87. The summed E-state index contributed by atoms with van der Waals surface area (Å²) in [6, 6.07) is 9.13. The molecule has 16 heavy (non-hydrogen) atoms. The number of benzene rings is 1. The first-order valence-corrected chi connectivity index (χ1v) is 5.44. The van der Waals surface area contributed by atoms with Gasteiger partial charge in [-0.2, -0.15) is 5.26 Å². The largest absolute Gasteiger partial charge is 0.329 e. The van der Waals surface area contributed by atoms with E-state index in [1.807, 2.05) is 25.1 Å². The van der Waals surface area contributed by atoms with E-state index < -0.39 is 0 Å². The van der Waals surface area contributed by atoms with Crippen LogP contribution in [0.15, 0.2) is 24.3 Å². The number of likely N-dealkylation sites (N-methyl/N-ethyl adjacent to an activating group) is 1. The second kappa shape index (κ2) is 6.14. The molecule has 0 atom stereocenters. The molecule has 3 nitrogen and oxygen atoms in total. The quantitative estimate of drug-likeness (QED) is 0.753. The molecule has 0 bridgehead atoms. The fourth-order valence-electron chi connectivity index (χ4n) is 1.35. The Labute approximate surface area is 100 Å². The molecule has 0 aliphatic heterocycles. The van der Waals surface area contributed by atoms with E-state index >= 15 is 0 Å². The molecule has 0 unspecified atom stereocenters. The molecule has 0 aliphatic carbocycles. The van der Waals surface area contributed by atoms with Crippen LogP contribution in [0.5, 0.6) is 0 Å². The molecule has 0 saturated heterocycles. The van der Waals surface area contributed by atoms with E-state index in [2.05, 4.69) is 0 Å². The molecular weight excluding hydrogens is 224 g/mol. The maximum absolute atomic E-state index is 11.8. The lowest BCUT2D eigenvalue weighted by Gasteiger charge is -2.16. The summed E-state index contributed by atoms with van der Waals surface area (Å²) in [5.74, 6) is -0.0358. The number of halogens is 1. The van der Waals surface area contributed by atoms with Crippen molar-refractivity contribution in [1.82, 2.24) is 4.90 Å².